The zero-order chi connectivity index (χ0) is 21.0. The third-order valence-corrected chi connectivity index (χ3v) is 5.58. The van der Waals surface area contributed by atoms with Gasteiger partial charge in [-0.2, -0.15) is 0 Å². The van der Waals surface area contributed by atoms with Crippen LogP contribution in [0.5, 0.6) is 17.2 Å². The first kappa shape index (κ1) is 20.5. The number of primary amides is 1. The number of hydrogen-bond donors (Lipinski definition) is 2. The van der Waals surface area contributed by atoms with Crippen LogP contribution in [0.4, 0.5) is 5.69 Å². The molecular weight excluding hydrogens is 416 g/mol. The van der Waals surface area contributed by atoms with Gasteiger partial charge in [0, 0.05) is 11.1 Å². The van der Waals surface area contributed by atoms with Crippen molar-refractivity contribution in [2.75, 3.05) is 11.8 Å². The van der Waals surface area contributed by atoms with E-state index < -0.39 is 15.9 Å². The van der Waals surface area contributed by atoms with Crippen molar-refractivity contribution in [3.8, 4) is 17.2 Å². The first-order valence-electron chi connectivity index (χ1n) is 8.34. The molecule has 1 amide bonds. The number of ether oxygens (including phenoxy) is 2. The number of benzene rings is 3. The second-order valence-corrected chi connectivity index (χ2v) is 7.95. The molecule has 29 heavy (non-hydrogen) atoms. The molecule has 3 aromatic carbocycles. The molecule has 0 aromatic heterocycles. The molecule has 0 saturated carbocycles. The standard InChI is InChI=1S/C20H17ClN2O5S/c1-27-18-12-13(21)10-11-17(18)28-16-8-4-3-7-15(16)23-29(25,26)19-9-5-2-6-14(19)20(22)24/h2-12,23H,1H3,(H2,22,24). The molecule has 9 heteroatoms. The second-order valence-electron chi connectivity index (χ2n) is 5.86. The molecule has 0 aliphatic heterocycles. The van der Waals surface area contributed by atoms with E-state index in [1.54, 1.807) is 36.4 Å². The summed E-state index contributed by atoms with van der Waals surface area (Å²) in [5.74, 6) is 0.116. The average Bonchev–Trinajstić information content (AvgIpc) is 2.70. The number of hydrogen-bond acceptors (Lipinski definition) is 5. The number of carbonyl (C=O) groups is 1. The number of amides is 1. The number of nitrogens with one attached hydrogen (secondary N) is 1. The fourth-order valence-electron chi connectivity index (χ4n) is 2.59. The quantitative estimate of drug-likeness (QED) is 0.585. The minimum atomic E-state index is -4.11. The maximum Gasteiger partial charge on any atom is 0.262 e. The van der Waals surface area contributed by atoms with Crippen LogP contribution in [-0.2, 0) is 10.0 Å². The van der Waals surface area contributed by atoms with E-state index in [2.05, 4.69) is 4.72 Å². The number of rotatable bonds is 7. The van der Waals surface area contributed by atoms with E-state index in [0.717, 1.165) is 0 Å². The molecule has 3 rings (SSSR count). The van der Waals surface area contributed by atoms with Gasteiger partial charge >= 0.3 is 0 Å². The van der Waals surface area contributed by atoms with Gasteiger partial charge in [-0.15, -0.1) is 0 Å². The molecule has 0 heterocycles. The van der Waals surface area contributed by atoms with Gasteiger partial charge in [0.25, 0.3) is 10.0 Å². The molecule has 0 atom stereocenters. The smallest absolute Gasteiger partial charge is 0.262 e. The number of carbonyl (C=O) groups excluding carboxylic acids is 1. The second kappa shape index (κ2) is 8.42. The third kappa shape index (κ3) is 4.61. The van der Waals surface area contributed by atoms with Crippen LogP contribution in [0.3, 0.4) is 0 Å². The Labute approximate surface area is 173 Å². The van der Waals surface area contributed by atoms with Crippen LogP contribution < -0.4 is 19.9 Å². The minimum absolute atomic E-state index is 0.113. The lowest BCUT2D eigenvalue weighted by Gasteiger charge is -2.16. The summed E-state index contributed by atoms with van der Waals surface area (Å²) in [7, 11) is -2.64. The molecule has 0 saturated heterocycles. The summed E-state index contributed by atoms with van der Waals surface area (Å²) >= 11 is 5.96. The minimum Gasteiger partial charge on any atom is -0.493 e. The molecule has 0 bridgehead atoms. The van der Waals surface area contributed by atoms with Crippen molar-refractivity contribution in [1.82, 2.24) is 0 Å². The van der Waals surface area contributed by atoms with Crippen LogP contribution >= 0.6 is 11.6 Å². The lowest BCUT2D eigenvalue weighted by molar-refractivity contribution is 0.0997. The van der Waals surface area contributed by atoms with E-state index in [1.165, 1.54) is 37.4 Å². The lowest BCUT2D eigenvalue weighted by atomic mass is 10.2. The van der Waals surface area contributed by atoms with Crippen molar-refractivity contribution in [1.29, 1.82) is 0 Å². The van der Waals surface area contributed by atoms with E-state index in [4.69, 9.17) is 26.8 Å². The maximum absolute atomic E-state index is 12.9. The molecule has 0 spiro atoms. The third-order valence-electron chi connectivity index (χ3n) is 3.92. The van der Waals surface area contributed by atoms with Gasteiger partial charge in [-0.3, -0.25) is 9.52 Å². The van der Waals surface area contributed by atoms with E-state index in [-0.39, 0.29) is 21.9 Å². The van der Waals surface area contributed by atoms with Crippen LogP contribution in [0.1, 0.15) is 10.4 Å². The fraction of sp³-hybridized carbons (Fsp3) is 0.0500. The SMILES string of the molecule is COc1cc(Cl)ccc1Oc1ccccc1NS(=O)(=O)c1ccccc1C(N)=O. The average molecular weight is 433 g/mol. The zero-order valence-electron chi connectivity index (χ0n) is 15.3. The highest BCUT2D eigenvalue weighted by atomic mass is 35.5. The highest BCUT2D eigenvalue weighted by Gasteiger charge is 2.22. The van der Waals surface area contributed by atoms with Gasteiger partial charge in [-0.1, -0.05) is 35.9 Å². The van der Waals surface area contributed by atoms with Crippen LogP contribution in [0.25, 0.3) is 0 Å². The first-order valence-corrected chi connectivity index (χ1v) is 10.2. The summed E-state index contributed by atoms with van der Waals surface area (Å²) in [6.45, 7) is 0. The highest BCUT2D eigenvalue weighted by molar-refractivity contribution is 7.92. The zero-order valence-corrected chi connectivity index (χ0v) is 16.8. The van der Waals surface area contributed by atoms with Crippen LogP contribution in [0, 0.1) is 0 Å². The van der Waals surface area contributed by atoms with Crippen molar-refractivity contribution in [2.45, 2.75) is 4.90 Å². The van der Waals surface area contributed by atoms with Crippen molar-refractivity contribution in [2.24, 2.45) is 5.73 Å². The van der Waals surface area contributed by atoms with Crippen molar-refractivity contribution >= 4 is 33.2 Å². The van der Waals surface area contributed by atoms with Crippen molar-refractivity contribution < 1.29 is 22.7 Å². The van der Waals surface area contributed by atoms with E-state index >= 15 is 0 Å². The molecule has 150 valence electrons. The monoisotopic (exact) mass is 432 g/mol. The number of halogens is 1. The molecule has 0 aliphatic carbocycles. The topological polar surface area (TPSA) is 108 Å². The van der Waals surface area contributed by atoms with Crippen molar-refractivity contribution in [3.05, 3.63) is 77.3 Å². The summed E-state index contributed by atoms with van der Waals surface area (Å²) in [4.78, 5) is 11.4. The van der Waals surface area contributed by atoms with Crippen LogP contribution in [-0.4, -0.2) is 21.4 Å². The first-order chi connectivity index (χ1) is 13.8. The Kier molecular flexibility index (Phi) is 5.95. The van der Waals surface area contributed by atoms with E-state index in [0.29, 0.717) is 16.5 Å². The molecule has 0 aliphatic rings. The molecule has 0 radical (unpaired) electrons. The van der Waals surface area contributed by atoms with E-state index in [9.17, 15) is 13.2 Å². The van der Waals surface area contributed by atoms with Crippen LogP contribution in [0.2, 0.25) is 5.02 Å². The predicted molar refractivity (Wildman–Crippen MR) is 110 cm³/mol. The maximum atomic E-state index is 12.9. The molecule has 0 fully saturated rings. The Morgan fingerprint density at radius 1 is 0.966 bits per heavy atom. The molecule has 3 N–H and O–H groups in total. The number of nitrogens with two attached hydrogens (primary N) is 1. The van der Waals surface area contributed by atoms with Gasteiger partial charge in [0.15, 0.2) is 17.2 Å². The Hall–Kier alpha value is -3.23. The van der Waals surface area contributed by atoms with E-state index in [1.807, 2.05) is 0 Å². The number of para-hydroxylation sites is 2. The van der Waals surface area contributed by atoms with Gasteiger partial charge in [0.05, 0.1) is 18.4 Å². The summed E-state index contributed by atoms with van der Waals surface area (Å²) in [6.07, 6.45) is 0. The Morgan fingerprint density at radius 2 is 1.66 bits per heavy atom. The Balaban J connectivity index is 1.97. The fourth-order valence-corrected chi connectivity index (χ4v) is 4.03. The van der Waals surface area contributed by atoms with Gasteiger partial charge < -0.3 is 15.2 Å². The number of anilines is 1. The van der Waals surface area contributed by atoms with Crippen molar-refractivity contribution in [3.63, 3.8) is 0 Å². The Morgan fingerprint density at radius 3 is 2.38 bits per heavy atom. The molecule has 0 unspecified atom stereocenters. The van der Waals surface area contributed by atoms with Gasteiger partial charge in [0.2, 0.25) is 5.91 Å². The highest BCUT2D eigenvalue weighted by Crippen LogP contribution is 2.37. The molecular formula is C20H17ClN2O5S. The number of methoxy groups -OCH3 is 1. The number of sulfonamides is 1. The predicted octanol–water partition coefficient (Wildman–Crippen LogP) is 4.04. The normalized spacial score (nSPS) is 11.0. The molecule has 7 nitrogen and oxygen atoms in total. The summed E-state index contributed by atoms with van der Waals surface area (Å²) < 4.78 is 39.3. The van der Waals surface area contributed by atoms with Crippen LogP contribution in [0.15, 0.2) is 71.6 Å². The summed E-state index contributed by atoms with van der Waals surface area (Å²) in [6, 6.07) is 16.9. The van der Waals surface area contributed by atoms with Gasteiger partial charge in [-0.25, -0.2) is 8.42 Å². The largest absolute Gasteiger partial charge is 0.493 e. The lowest BCUT2D eigenvalue weighted by Crippen LogP contribution is -2.20. The summed E-state index contributed by atoms with van der Waals surface area (Å²) in [5, 5.41) is 0.464. The van der Waals surface area contributed by atoms with Gasteiger partial charge in [-0.05, 0) is 36.4 Å². The van der Waals surface area contributed by atoms with Gasteiger partial charge in [0.1, 0.15) is 4.90 Å². The Bertz CT molecular complexity index is 1170. The molecule has 3 aromatic rings. The summed E-state index contributed by atoms with van der Waals surface area (Å²) in [5.41, 5.74) is 5.36.